The zero-order valence-electron chi connectivity index (χ0n) is 18.4. The largest absolute Gasteiger partial charge is 0.478 e. The summed E-state index contributed by atoms with van der Waals surface area (Å²) >= 11 is 0. The van der Waals surface area contributed by atoms with E-state index in [2.05, 4.69) is 6.92 Å². The number of carbonyl (C=O) groups is 1. The van der Waals surface area contributed by atoms with E-state index in [0.717, 1.165) is 18.4 Å². The first-order chi connectivity index (χ1) is 13.8. The normalized spacial score (nSPS) is 11.0. The van der Waals surface area contributed by atoms with Crippen molar-refractivity contribution in [3.05, 3.63) is 35.4 Å². The molecule has 1 rings (SSSR count). The summed E-state index contributed by atoms with van der Waals surface area (Å²) in [5.41, 5.74) is 1.45. The number of benzene rings is 1. The van der Waals surface area contributed by atoms with Gasteiger partial charge in [0.15, 0.2) is 0 Å². The maximum Gasteiger partial charge on any atom is 0.335 e. The number of hydrogen-bond donors (Lipinski definition) is 1. The number of rotatable bonds is 19. The van der Waals surface area contributed by atoms with Gasteiger partial charge in [-0.25, -0.2) is 4.79 Å². The van der Waals surface area contributed by atoms with E-state index < -0.39 is 5.97 Å². The molecular weight excluding hydrogens is 344 g/mol. The van der Waals surface area contributed by atoms with Crippen molar-refractivity contribution >= 4 is 5.97 Å². The van der Waals surface area contributed by atoms with Gasteiger partial charge >= 0.3 is 5.97 Å². The predicted molar refractivity (Wildman–Crippen MR) is 121 cm³/mol. The highest BCUT2D eigenvalue weighted by atomic mass is 16.4. The van der Waals surface area contributed by atoms with Crippen LogP contribution in [0.5, 0.6) is 0 Å². The van der Waals surface area contributed by atoms with Crippen LogP contribution >= 0.6 is 0 Å². The maximum absolute atomic E-state index is 11.2. The molecule has 0 aromatic heterocycles. The Kier molecular flexibility index (Phi) is 15.7. The summed E-state index contributed by atoms with van der Waals surface area (Å²) < 4.78 is 0. The van der Waals surface area contributed by atoms with E-state index in [9.17, 15) is 9.90 Å². The van der Waals surface area contributed by atoms with Gasteiger partial charge in [-0.2, -0.15) is 0 Å². The van der Waals surface area contributed by atoms with Gasteiger partial charge < -0.3 is 5.11 Å². The molecule has 0 aliphatic heterocycles. The molecule has 0 atom stereocenters. The van der Waals surface area contributed by atoms with Gasteiger partial charge in [0.25, 0.3) is 0 Å². The fourth-order valence-corrected chi connectivity index (χ4v) is 3.99. The van der Waals surface area contributed by atoms with Crippen LogP contribution in [0.2, 0.25) is 0 Å². The second-order valence-electron chi connectivity index (χ2n) is 8.37. The summed E-state index contributed by atoms with van der Waals surface area (Å²) in [6, 6.07) is 7.41. The SMILES string of the molecule is CCCCCCCCCCCCCCCCCCCc1ccccc1C(=O)O. The molecule has 1 aromatic rings. The van der Waals surface area contributed by atoms with Crippen LogP contribution in [-0.4, -0.2) is 11.1 Å². The number of carboxylic acid groups (broad SMARTS) is 1. The van der Waals surface area contributed by atoms with Crippen molar-refractivity contribution in [3.8, 4) is 0 Å². The monoisotopic (exact) mass is 388 g/mol. The third-order valence-corrected chi connectivity index (χ3v) is 5.80. The Morgan fingerprint density at radius 1 is 0.643 bits per heavy atom. The van der Waals surface area contributed by atoms with E-state index in [1.807, 2.05) is 18.2 Å². The van der Waals surface area contributed by atoms with Crippen LogP contribution in [0.25, 0.3) is 0 Å². The Morgan fingerprint density at radius 3 is 1.46 bits per heavy atom. The standard InChI is InChI=1S/C26H44O2/c1-2-3-4-5-6-7-8-9-10-11-12-13-14-15-16-17-18-21-24-22-19-20-23-25(24)26(27)28/h19-20,22-23H,2-18,21H2,1H3,(H,27,28). The van der Waals surface area contributed by atoms with Gasteiger partial charge in [0, 0.05) is 0 Å². The molecule has 0 radical (unpaired) electrons. The Balaban J connectivity index is 1.83. The summed E-state index contributed by atoms with van der Waals surface area (Å²) in [6.45, 7) is 2.28. The molecule has 0 bridgehead atoms. The van der Waals surface area contributed by atoms with Crippen LogP contribution in [0, 0.1) is 0 Å². The highest BCUT2D eigenvalue weighted by molar-refractivity contribution is 5.89. The van der Waals surface area contributed by atoms with Crippen molar-refractivity contribution in [1.82, 2.24) is 0 Å². The highest BCUT2D eigenvalue weighted by Crippen LogP contribution is 2.16. The summed E-state index contributed by atoms with van der Waals surface area (Å²) in [5, 5.41) is 9.21. The minimum absolute atomic E-state index is 0.471. The molecule has 0 heterocycles. The molecule has 0 saturated carbocycles. The molecule has 1 aromatic carbocycles. The first-order valence-corrected chi connectivity index (χ1v) is 12.1. The molecule has 0 spiro atoms. The highest BCUT2D eigenvalue weighted by Gasteiger charge is 2.07. The first-order valence-electron chi connectivity index (χ1n) is 12.1. The second-order valence-corrected chi connectivity index (χ2v) is 8.37. The van der Waals surface area contributed by atoms with Gasteiger partial charge in [-0.05, 0) is 24.5 Å². The summed E-state index contributed by atoms with van der Waals surface area (Å²) in [6.07, 6.45) is 24.2. The number of carboxylic acids is 1. The van der Waals surface area contributed by atoms with Gasteiger partial charge in [0.2, 0.25) is 0 Å². The Bertz CT molecular complexity index is 495. The molecule has 0 amide bonds. The molecule has 0 unspecified atom stereocenters. The lowest BCUT2D eigenvalue weighted by Crippen LogP contribution is -2.02. The van der Waals surface area contributed by atoms with Crippen molar-refractivity contribution in [1.29, 1.82) is 0 Å². The lowest BCUT2D eigenvalue weighted by molar-refractivity contribution is 0.0695. The third-order valence-electron chi connectivity index (χ3n) is 5.80. The van der Waals surface area contributed by atoms with Gasteiger partial charge in [0.05, 0.1) is 5.56 Å². The van der Waals surface area contributed by atoms with Crippen LogP contribution in [0.4, 0.5) is 0 Å². The lowest BCUT2D eigenvalue weighted by Gasteiger charge is -2.06. The quantitative estimate of drug-likeness (QED) is 0.241. The molecule has 2 nitrogen and oxygen atoms in total. The number of unbranched alkanes of at least 4 members (excludes halogenated alkanes) is 16. The van der Waals surface area contributed by atoms with Gasteiger partial charge in [0.1, 0.15) is 0 Å². The zero-order chi connectivity index (χ0) is 20.3. The predicted octanol–water partition coefficient (Wildman–Crippen LogP) is 8.58. The van der Waals surface area contributed by atoms with E-state index in [1.165, 1.54) is 103 Å². The maximum atomic E-state index is 11.2. The number of hydrogen-bond acceptors (Lipinski definition) is 1. The van der Waals surface area contributed by atoms with Gasteiger partial charge in [-0.15, -0.1) is 0 Å². The summed E-state index contributed by atoms with van der Waals surface area (Å²) in [4.78, 5) is 11.2. The minimum atomic E-state index is -0.803. The molecule has 2 heteroatoms. The molecular formula is C26H44O2. The van der Waals surface area contributed by atoms with Crippen molar-refractivity contribution in [2.75, 3.05) is 0 Å². The molecule has 0 saturated heterocycles. The van der Waals surface area contributed by atoms with Gasteiger partial charge in [-0.3, -0.25) is 0 Å². The first kappa shape index (κ1) is 24.7. The molecule has 28 heavy (non-hydrogen) atoms. The molecule has 0 aliphatic rings. The van der Waals surface area contributed by atoms with Crippen LogP contribution in [0.3, 0.4) is 0 Å². The van der Waals surface area contributed by atoms with Crippen LogP contribution in [0.1, 0.15) is 132 Å². The molecule has 160 valence electrons. The lowest BCUT2D eigenvalue weighted by atomic mass is 10.00. The molecule has 0 aliphatic carbocycles. The topological polar surface area (TPSA) is 37.3 Å². The Morgan fingerprint density at radius 2 is 1.04 bits per heavy atom. The van der Waals surface area contributed by atoms with Crippen molar-refractivity contribution < 1.29 is 9.90 Å². The average Bonchev–Trinajstić information content (AvgIpc) is 2.70. The van der Waals surface area contributed by atoms with Crippen molar-refractivity contribution in [2.45, 2.75) is 122 Å². The van der Waals surface area contributed by atoms with E-state index in [4.69, 9.17) is 0 Å². The molecule has 0 fully saturated rings. The van der Waals surface area contributed by atoms with E-state index in [1.54, 1.807) is 6.07 Å². The average molecular weight is 389 g/mol. The smallest absolute Gasteiger partial charge is 0.335 e. The van der Waals surface area contributed by atoms with Gasteiger partial charge in [-0.1, -0.05) is 128 Å². The van der Waals surface area contributed by atoms with E-state index >= 15 is 0 Å². The van der Waals surface area contributed by atoms with E-state index in [0.29, 0.717) is 5.56 Å². The number of aryl methyl sites for hydroxylation is 1. The minimum Gasteiger partial charge on any atom is -0.478 e. The van der Waals surface area contributed by atoms with Crippen molar-refractivity contribution in [2.24, 2.45) is 0 Å². The zero-order valence-corrected chi connectivity index (χ0v) is 18.4. The Labute approximate surface area is 174 Å². The fraction of sp³-hybridized carbons (Fsp3) is 0.731. The van der Waals surface area contributed by atoms with Crippen molar-refractivity contribution in [3.63, 3.8) is 0 Å². The second kappa shape index (κ2) is 17.8. The fourth-order valence-electron chi connectivity index (χ4n) is 3.99. The van der Waals surface area contributed by atoms with E-state index in [-0.39, 0.29) is 0 Å². The third kappa shape index (κ3) is 13.0. The van der Waals surface area contributed by atoms with Crippen LogP contribution < -0.4 is 0 Å². The van der Waals surface area contributed by atoms with Crippen LogP contribution in [0.15, 0.2) is 24.3 Å². The van der Waals surface area contributed by atoms with Crippen LogP contribution in [-0.2, 0) is 6.42 Å². The summed E-state index contributed by atoms with van der Waals surface area (Å²) in [5.74, 6) is -0.803. The molecule has 1 N–H and O–H groups in total. The Hall–Kier alpha value is -1.31. The number of aromatic carboxylic acids is 1. The summed E-state index contributed by atoms with van der Waals surface area (Å²) in [7, 11) is 0.